The molecule has 0 spiro atoms. The number of non-ortho nitro benzene ring substituents is 1. The summed E-state index contributed by atoms with van der Waals surface area (Å²) in [5.74, 6) is -0.0498. The van der Waals surface area contributed by atoms with Gasteiger partial charge in [0.1, 0.15) is 0 Å². The molecule has 150 valence electrons. The molecule has 0 amide bonds. The highest BCUT2D eigenvalue weighted by molar-refractivity contribution is 14.1. The number of H-pyrrole nitrogens is 1. The van der Waals surface area contributed by atoms with Gasteiger partial charge in [-0.3, -0.25) is 14.9 Å². The fraction of sp³-hybridized carbons (Fsp3) is 0.318. The van der Waals surface area contributed by atoms with E-state index in [0.717, 1.165) is 29.6 Å². The molecule has 29 heavy (non-hydrogen) atoms. The number of hydrogen-bond donors (Lipinski definition) is 2. The van der Waals surface area contributed by atoms with E-state index in [0.29, 0.717) is 20.7 Å². The Bertz CT molecular complexity index is 1090. The molecule has 2 N–H and O–H groups in total. The average molecular weight is 503 g/mol. The molecule has 0 aliphatic carbocycles. The van der Waals surface area contributed by atoms with E-state index >= 15 is 0 Å². The van der Waals surface area contributed by atoms with Crippen LogP contribution in [0.5, 0.6) is 0 Å². The third-order valence-electron chi connectivity index (χ3n) is 5.77. The summed E-state index contributed by atoms with van der Waals surface area (Å²) in [6.07, 6.45) is 3.42. The molecular weight excluding hydrogens is 481 g/mol. The molecule has 2 atom stereocenters. The molecule has 4 rings (SSSR count). The summed E-state index contributed by atoms with van der Waals surface area (Å²) in [6, 6.07) is 12.5. The van der Waals surface area contributed by atoms with E-state index in [4.69, 9.17) is 0 Å². The lowest BCUT2D eigenvalue weighted by Crippen LogP contribution is -2.38. The van der Waals surface area contributed by atoms with E-state index in [1.165, 1.54) is 25.0 Å². The van der Waals surface area contributed by atoms with E-state index < -0.39 is 4.92 Å². The molecule has 0 radical (unpaired) electrons. The van der Waals surface area contributed by atoms with Crippen molar-refractivity contribution in [1.82, 2.24) is 10.3 Å². The van der Waals surface area contributed by atoms with Gasteiger partial charge in [0.15, 0.2) is 5.78 Å². The number of ketones is 1. The molecule has 1 fully saturated rings. The first-order valence-electron chi connectivity index (χ1n) is 9.80. The fourth-order valence-electron chi connectivity index (χ4n) is 4.19. The number of nitrogens with one attached hydrogen (secondary N) is 2. The lowest BCUT2D eigenvalue weighted by molar-refractivity contribution is -0.384. The number of nitro benzene ring substituents is 1. The van der Waals surface area contributed by atoms with Gasteiger partial charge in [-0.25, -0.2) is 0 Å². The second kappa shape index (κ2) is 8.23. The Balaban J connectivity index is 1.85. The minimum Gasteiger partial charge on any atom is -0.357 e. The average Bonchev–Trinajstić information content (AvgIpc) is 3.13. The fourth-order valence-corrected chi connectivity index (χ4v) is 4.77. The van der Waals surface area contributed by atoms with E-state index in [1.54, 1.807) is 6.07 Å². The Morgan fingerprint density at radius 1 is 1.24 bits per heavy atom. The molecule has 0 bridgehead atoms. The number of carbonyl (C=O) groups is 1. The quantitative estimate of drug-likeness (QED) is 0.218. The Morgan fingerprint density at radius 2 is 2.03 bits per heavy atom. The van der Waals surface area contributed by atoms with Gasteiger partial charge in [-0.05, 0) is 54.1 Å². The van der Waals surface area contributed by atoms with Crippen LogP contribution < -0.4 is 5.32 Å². The van der Waals surface area contributed by atoms with Crippen LogP contribution in [-0.4, -0.2) is 28.3 Å². The zero-order valence-corrected chi connectivity index (χ0v) is 18.2. The van der Waals surface area contributed by atoms with Crippen molar-refractivity contribution in [2.24, 2.45) is 0 Å². The first kappa shape index (κ1) is 20.0. The number of nitro groups is 1. The number of piperidine rings is 1. The molecule has 7 heteroatoms. The SMILES string of the molecule is CC(c1[nH]c2ccccc2c1C(=O)c1cc([N+](=O)[O-])ccc1I)C1CCCCN1. The smallest absolute Gasteiger partial charge is 0.270 e. The van der Waals surface area contributed by atoms with Crippen molar-refractivity contribution in [1.29, 1.82) is 0 Å². The van der Waals surface area contributed by atoms with Crippen LogP contribution in [-0.2, 0) is 0 Å². The molecule has 1 aromatic heterocycles. The Hall–Kier alpha value is -2.26. The van der Waals surface area contributed by atoms with Crippen LogP contribution in [0.4, 0.5) is 5.69 Å². The van der Waals surface area contributed by atoms with Crippen LogP contribution in [0.15, 0.2) is 42.5 Å². The number of aromatic nitrogens is 1. The van der Waals surface area contributed by atoms with E-state index in [-0.39, 0.29) is 17.4 Å². The van der Waals surface area contributed by atoms with Crippen LogP contribution in [0.2, 0.25) is 0 Å². The first-order chi connectivity index (χ1) is 14.0. The minimum absolute atomic E-state index is 0.0721. The van der Waals surface area contributed by atoms with Gasteiger partial charge in [0.25, 0.3) is 5.69 Å². The molecule has 6 nitrogen and oxygen atoms in total. The summed E-state index contributed by atoms with van der Waals surface area (Å²) in [7, 11) is 0. The molecule has 2 unspecified atom stereocenters. The molecule has 1 aliphatic heterocycles. The highest BCUT2D eigenvalue weighted by atomic mass is 127. The Labute approximate surface area is 182 Å². The van der Waals surface area contributed by atoms with Crippen molar-refractivity contribution in [2.45, 2.75) is 38.1 Å². The predicted molar refractivity (Wildman–Crippen MR) is 122 cm³/mol. The topological polar surface area (TPSA) is 88.0 Å². The number of fused-ring (bicyclic) bond motifs is 1. The monoisotopic (exact) mass is 503 g/mol. The van der Waals surface area contributed by atoms with E-state index in [2.05, 4.69) is 39.8 Å². The molecule has 2 heterocycles. The van der Waals surface area contributed by atoms with E-state index in [1.807, 2.05) is 24.3 Å². The number of rotatable bonds is 5. The normalized spacial score (nSPS) is 17.9. The van der Waals surface area contributed by atoms with Gasteiger partial charge in [-0.15, -0.1) is 0 Å². The number of nitrogens with zero attached hydrogens (tertiary/aromatic N) is 1. The third-order valence-corrected chi connectivity index (χ3v) is 6.72. The first-order valence-corrected chi connectivity index (χ1v) is 10.9. The van der Waals surface area contributed by atoms with Crippen molar-refractivity contribution in [2.75, 3.05) is 6.54 Å². The summed E-state index contributed by atoms with van der Waals surface area (Å²) in [5, 5.41) is 15.7. The molecule has 3 aromatic rings. The summed E-state index contributed by atoms with van der Waals surface area (Å²) in [6.45, 7) is 3.13. The van der Waals surface area contributed by atoms with Gasteiger partial charge in [-0.1, -0.05) is 31.5 Å². The highest BCUT2D eigenvalue weighted by Crippen LogP contribution is 2.34. The predicted octanol–water partition coefficient (Wildman–Crippen LogP) is 5.16. The van der Waals surface area contributed by atoms with Crippen molar-refractivity contribution < 1.29 is 9.72 Å². The maximum atomic E-state index is 13.7. The Kier molecular flexibility index (Phi) is 5.69. The molecule has 2 aromatic carbocycles. The second-order valence-corrected chi connectivity index (χ2v) is 8.72. The maximum absolute atomic E-state index is 13.7. The van der Waals surface area contributed by atoms with Gasteiger partial charge in [0, 0.05) is 49.8 Å². The van der Waals surface area contributed by atoms with Crippen molar-refractivity contribution >= 4 is 45.0 Å². The van der Waals surface area contributed by atoms with Crippen LogP contribution in [0.1, 0.15) is 53.7 Å². The largest absolute Gasteiger partial charge is 0.357 e. The summed E-state index contributed by atoms with van der Waals surface area (Å²) >= 11 is 2.07. The van der Waals surface area contributed by atoms with Gasteiger partial charge in [0.2, 0.25) is 0 Å². The van der Waals surface area contributed by atoms with Gasteiger partial charge in [-0.2, -0.15) is 0 Å². The molecule has 0 saturated carbocycles. The number of aromatic amines is 1. The molecule has 1 saturated heterocycles. The number of benzene rings is 2. The van der Waals surface area contributed by atoms with Gasteiger partial charge < -0.3 is 10.3 Å². The number of halogens is 1. The third kappa shape index (κ3) is 3.81. The van der Waals surface area contributed by atoms with Crippen molar-refractivity contribution in [3.8, 4) is 0 Å². The Morgan fingerprint density at radius 3 is 2.76 bits per heavy atom. The lowest BCUT2D eigenvalue weighted by atomic mass is 9.87. The van der Waals surface area contributed by atoms with Gasteiger partial charge in [0.05, 0.1) is 10.5 Å². The van der Waals surface area contributed by atoms with Crippen molar-refractivity contribution in [3.05, 3.63) is 73.0 Å². The van der Waals surface area contributed by atoms with Gasteiger partial charge >= 0.3 is 0 Å². The standard InChI is InChI=1S/C22H22IN3O3/c1-13(18-7-4-5-11-24-18)21-20(15-6-2-3-8-19(15)25-21)22(27)16-12-14(26(28)29)9-10-17(16)23/h2-3,6,8-10,12-13,18,24-25H,4-5,7,11H2,1H3. The van der Waals surface area contributed by atoms with E-state index in [9.17, 15) is 14.9 Å². The second-order valence-electron chi connectivity index (χ2n) is 7.55. The summed E-state index contributed by atoms with van der Waals surface area (Å²) < 4.78 is 0.706. The number of carbonyl (C=O) groups excluding carboxylic acids is 1. The van der Waals surface area contributed by atoms with Crippen LogP contribution in [0.25, 0.3) is 10.9 Å². The number of para-hydroxylation sites is 1. The maximum Gasteiger partial charge on any atom is 0.270 e. The molecular formula is C22H22IN3O3. The molecule has 1 aliphatic rings. The summed E-state index contributed by atoms with van der Waals surface area (Å²) in [4.78, 5) is 27.9. The van der Waals surface area contributed by atoms with Crippen LogP contribution in [0, 0.1) is 13.7 Å². The summed E-state index contributed by atoms with van der Waals surface area (Å²) in [5.41, 5.74) is 2.73. The highest BCUT2D eigenvalue weighted by Gasteiger charge is 2.29. The zero-order valence-electron chi connectivity index (χ0n) is 16.1. The minimum atomic E-state index is -0.461. The van der Waals surface area contributed by atoms with Crippen LogP contribution >= 0.6 is 22.6 Å². The zero-order chi connectivity index (χ0) is 20.5. The van der Waals surface area contributed by atoms with Crippen LogP contribution in [0.3, 0.4) is 0 Å². The van der Waals surface area contributed by atoms with Crippen molar-refractivity contribution in [3.63, 3.8) is 0 Å². The number of hydrogen-bond acceptors (Lipinski definition) is 4. The lowest BCUT2D eigenvalue weighted by Gasteiger charge is -2.29.